The summed E-state index contributed by atoms with van der Waals surface area (Å²) in [6.07, 6.45) is 0. The molecule has 0 radical (unpaired) electrons. The molecule has 1 unspecified atom stereocenters. The third-order valence-corrected chi connectivity index (χ3v) is 6.43. The molecule has 1 atom stereocenters. The lowest BCUT2D eigenvalue weighted by atomic mass is 9.80. The minimum atomic E-state index is -4.84. The van der Waals surface area contributed by atoms with E-state index >= 15 is 0 Å². The summed E-state index contributed by atoms with van der Waals surface area (Å²) < 4.78 is 13.2. The summed E-state index contributed by atoms with van der Waals surface area (Å²) in [7, 11) is -4.84. The quantitative estimate of drug-likeness (QED) is 0.249. The van der Waals surface area contributed by atoms with Gasteiger partial charge in [-0.2, -0.15) is 0 Å². The molecule has 0 fully saturated rings. The lowest BCUT2D eigenvalue weighted by Gasteiger charge is -2.42. The van der Waals surface area contributed by atoms with Crippen molar-refractivity contribution in [3.63, 3.8) is 0 Å². The van der Waals surface area contributed by atoms with Gasteiger partial charge in [-0.15, -0.1) is 0 Å². The van der Waals surface area contributed by atoms with Gasteiger partial charge in [0.2, 0.25) is 0 Å². The van der Waals surface area contributed by atoms with Gasteiger partial charge >= 0.3 is 7.60 Å². The number of rotatable bonds is 6. The fourth-order valence-corrected chi connectivity index (χ4v) is 5.14. The van der Waals surface area contributed by atoms with Crippen LogP contribution in [0.4, 0.5) is 0 Å². The van der Waals surface area contributed by atoms with Gasteiger partial charge in [-0.25, -0.2) is 0 Å². The van der Waals surface area contributed by atoms with Crippen molar-refractivity contribution in [2.24, 2.45) is 5.73 Å². The van der Waals surface area contributed by atoms with Gasteiger partial charge in [-0.3, -0.25) is 9.97 Å². The van der Waals surface area contributed by atoms with Gasteiger partial charge in [-0.05, 0) is 16.7 Å². The highest BCUT2D eigenvalue weighted by molar-refractivity contribution is 7.53. The summed E-state index contributed by atoms with van der Waals surface area (Å²) in [6.45, 7) is 0. The van der Waals surface area contributed by atoms with E-state index in [1.54, 1.807) is 84.9 Å². The number of benzene rings is 3. The van der Waals surface area contributed by atoms with Crippen LogP contribution < -0.4 is 11.1 Å². The molecule has 0 aliphatic rings. The molecule has 6 nitrogen and oxygen atoms in total. The van der Waals surface area contributed by atoms with Gasteiger partial charge in [0, 0.05) is 0 Å². The Bertz CT molecular complexity index is 936. The predicted octanol–water partition coefficient (Wildman–Crippen LogP) is 3.33. The van der Waals surface area contributed by atoms with E-state index in [9.17, 15) is 14.4 Å². The van der Waals surface area contributed by atoms with Gasteiger partial charge in [-0.1, -0.05) is 91.0 Å². The van der Waals surface area contributed by atoms with E-state index in [1.165, 1.54) is 0 Å². The Morgan fingerprint density at radius 2 is 1.25 bits per heavy atom. The number of nitrogens with two attached hydrogens (primary N) is 1. The Kier molecular flexibility index (Phi) is 5.66. The van der Waals surface area contributed by atoms with Crippen molar-refractivity contribution in [3.8, 4) is 0 Å². The minimum Gasteiger partial charge on any atom is -0.370 e. The minimum absolute atomic E-state index is 0.376. The summed E-state index contributed by atoms with van der Waals surface area (Å²) in [4.78, 5) is 21.5. The molecule has 28 heavy (non-hydrogen) atoms. The highest BCUT2D eigenvalue weighted by atomic mass is 31.2. The van der Waals surface area contributed by atoms with Crippen LogP contribution in [0.15, 0.2) is 91.0 Å². The Morgan fingerprint density at radius 3 is 1.61 bits per heavy atom. The molecule has 3 aromatic carbocycles. The van der Waals surface area contributed by atoms with Crippen LogP contribution in [-0.2, 0) is 9.72 Å². The first-order valence-electron chi connectivity index (χ1n) is 8.69. The molecule has 0 aliphatic carbocycles. The molecule has 0 bridgehead atoms. The third-order valence-electron chi connectivity index (χ3n) is 4.74. The molecular weight excluding hydrogens is 373 g/mol. The van der Waals surface area contributed by atoms with E-state index in [0.717, 1.165) is 0 Å². The van der Waals surface area contributed by atoms with Gasteiger partial charge in [0.25, 0.3) is 0 Å². The van der Waals surface area contributed by atoms with Gasteiger partial charge in [0.1, 0.15) is 5.16 Å². The number of hydrogen-bond donors (Lipinski definition) is 5. The van der Waals surface area contributed by atoms with Crippen molar-refractivity contribution >= 4 is 13.6 Å². The maximum atomic E-state index is 13.2. The first kappa shape index (κ1) is 19.8. The van der Waals surface area contributed by atoms with E-state index in [4.69, 9.17) is 11.1 Å². The summed E-state index contributed by atoms with van der Waals surface area (Å²) in [5.41, 5.74) is 7.11. The second-order valence-corrected chi connectivity index (χ2v) is 8.24. The Morgan fingerprint density at radius 1 is 0.857 bits per heavy atom. The Balaban J connectivity index is 2.43. The first-order valence-corrected chi connectivity index (χ1v) is 10.3. The molecule has 0 saturated heterocycles. The first-order chi connectivity index (χ1) is 13.4. The molecule has 0 saturated carbocycles. The van der Waals surface area contributed by atoms with Crippen LogP contribution in [0.5, 0.6) is 0 Å². The van der Waals surface area contributed by atoms with E-state index in [-0.39, 0.29) is 5.96 Å². The van der Waals surface area contributed by atoms with Gasteiger partial charge in [0.05, 0.1) is 6.04 Å². The number of nitrogens with one attached hydrogen (secondary N) is 2. The zero-order chi connectivity index (χ0) is 20.2. The van der Waals surface area contributed by atoms with Crippen LogP contribution >= 0.6 is 7.60 Å². The number of guanidine groups is 1. The second-order valence-electron chi connectivity index (χ2n) is 6.44. The Labute approximate surface area is 163 Å². The smallest absolute Gasteiger partial charge is 0.342 e. The normalized spacial score (nSPS) is 12.9. The molecule has 3 rings (SSSR count). The average Bonchev–Trinajstić information content (AvgIpc) is 2.69. The van der Waals surface area contributed by atoms with Gasteiger partial charge in [0.15, 0.2) is 5.96 Å². The standard InChI is InChI=1S/C21H22N3O3P/c22-20(23)24-19(16-10-4-1-5-11-16)21(28(25,26)27,17-12-6-2-7-13-17)18-14-8-3-9-15-18/h1-15,19H,(H4,22,23,24)(H2,25,26,27). The summed E-state index contributed by atoms with van der Waals surface area (Å²) >= 11 is 0. The van der Waals surface area contributed by atoms with Crippen molar-refractivity contribution in [2.45, 2.75) is 11.2 Å². The van der Waals surface area contributed by atoms with Crippen LogP contribution in [0.2, 0.25) is 0 Å². The van der Waals surface area contributed by atoms with Crippen molar-refractivity contribution < 1.29 is 14.4 Å². The van der Waals surface area contributed by atoms with Crippen molar-refractivity contribution in [3.05, 3.63) is 108 Å². The highest BCUT2D eigenvalue weighted by Gasteiger charge is 2.56. The topological polar surface area (TPSA) is 119 Å². The van der Waals surface area contributed by atoms with E-state index in [2.05, 4.69) is 5.32 Å². The molecule has 0 heterocycles. The molecule has 0 aromatic heterocycles. The van der Waals surface area contributed by atoms with Crippen LogP contribution in [0.3, 0.4) is 0 Å². The molecule has 7 heteroatoms. The van der Waals surface area contributed by atoms with Crippen LogP contribution in [0.1, 0.15) is 22.7 Å². The summed E-state index contributed by atoms with van der Waals surface area (Å²) in [5.74, 6) is -0.376. The zero-order valence-electron chi connectivity index (χ0n) is 15.1. The van der Waals surface area contributed by atoms with E-state index < -0.39 is 18.8 Å². The molecule has 144 valence electrons. The van der Waals surface area contributed by atoms with Crippen molar-refractivity contribution in [1.29, 1.82) is 5.41 Å². The van der Waals surface area contributed by atoms with Crippen molar-refractivity contribution in [2.75, 3.05) is 0 Å². The monoisotopic (exact) mass is 395 g/mol. The molecule has 0 spiro atoms. The molecule has 6 N–H and O–H groups in total. The summed E-state index contributed by atoms with van der Waals surface area (Å²) in [5, 5.41) is 8.82. The van der Waals surface area contributed by atoms with E-state index in [1.807, 2.05) is 6.07 Å². The zero-order valence-corrected chi connectivity index (χ0v) is 16.0. The molecular formula is C21H22N3O3P. The fraction of sp³-hybridized carbons (Fsp3) is 0.0952. The third kappa shape index (κ3) is 3.58. The predicted molar refractivity (Wildman–Crippen MR) is 110 cm³/mol. The largest absolute Gasteiger partial charge is 0.370 e. The highest BCUT2D eigenvalue weighted by Crippen LogP contribution is 2.66. The second kappa shape index (κ2) is 7.98. The van der Waals surface area contributed by atoms with Crippen LogP contribution in [0.25, 0.3) is 0 Å². The molecule has 3 aromatic rings. The lowest BCUT2D eigenvalue weighted by molar-refractivity contribution is 0.316. The molecule has 0 aliphatic heterocycles. The lowest BCUT2D eigenvalue weighted by Crippen LogP contribution is -2.46. The van der Waals surface area contributed by atoms with Gasteiger partial charge < -0.3 is 20.8 Å². The number of hydrogen-bond acceptors (Lipinski definition) is 2. The maximum Gasteiger partial charge on any atom is 0.342 e. The maximum absolute atomic E-state index is 13.2. The molecule has 0 amide bonds. The Hall–Kier alpha value is -2.92. The van der Waals surface area contributed by atoms with Crippen LogP contribution in [-0.4, -0.2) is 15.7 Å². The fourth-order valence-electron chi connectivity index (χ4n) is 3.62. The van der Waals surface area contributed by atoms with E-state index in [0.29, 0.717) is 16.7 Å². The van der Waals surface area contributed by atoms with Crippen molar-refractivity contribution in [1.82, 2.24) is 5.32 Å². The van der Waals surface area contributed by atoms with Crippen LogP contribution in [0, 0.1) is 5.41 Å². The average molecular weight is 395 g/mol. The summed E-state index contributed by atoms with van der Waals surface area (Å²) in [6, 6.07) is 25.2. The SMILES string of the molecule is N=C(N)NC(c1ccccc1)C(c1ccccc1)(c1ccccc1)P(=O)(O)O.